The zero-order chi connectivity index (χ0) is 55.3. The lowest BCUT2D eigenvalue weighted by Gasteiger charge is -2.32. The number of nitrogens with zero attached hydrogens (tertiary/aromatic N) is 5. The van der Waals surface area contributed by atoms with Gasteiger partial charge in [0.05, 0.1) is 78.2 Å². The molecule has 74 heavy (non-hydrogen) atoms. The van der Waals surface area contributed by atoms with E-state index >= 15 is 0 Å². The minimum atomic E-state index is -0.282. The van der Waals surface area contributed by atoms with Gasteiger partial charge in [0.25, 0.3) is 0 Å². The molecule has 0 aromatic heterocycles. The molecule has 0 aliphatic carbocycles. The Balaban J connectivity index is 0. The summed E-state index contributed by atoms with van der Waals surface area (Å²) in [5, 5.41) is 0. The van der Waals surface area contributed by atoms with E-state index in [0.29, 0.717) is 138 Å². The van der Waals surface area contributed by atoms with Crippen molar-refractivity contribution in [2.24, 2.45) is 17.2 Å². The van der Waals surface area contributed by atoms with Gasteiger partial charge in [-0.2, -0.15) is 0 Å². The highest BCUT2D eigenvalue weighted by atomic mass is 16.5. The largest absolute Gasteiger partial charge is 0.466 e. The third kappa shape index (κ3) is 48.2. The highest BCUT2D eigenvalue weighted by Crippen LogP contribution is 2.07. The number of carbonyl (C=O) groups excluding carboxylic acids is 6. The SMILES string of the molecule is CCCCOC(=O)CCN(CCC(=O)OCCCC)CCN(CCN(CCC(=O)OCCCC)CCC(=O)OCCCC)CCN(CCC(=O)OCCCC)CCC(=O)OCCCC.NCCN(CCN)CCN. The van der Waals surface area contributed by atoms with Crippen molar-refractivity contribution in [3.8, 4) is 0 Å². The van der Waals surface area contributed by atoms with Crippen LogP contribution in [-0.2, 0) is 57.2 Å². The summed E-state index contributed by atoms with van der Waals surface area (Å²) in [4.78, 5) is 86.7. The molecule has 0 saturated carbocycles. The van der Waals surface area contributed by atoms with Crippen molar-refractivity contribution in [3.63, 3.8) is 0 Å². The first-order valence-electron chi connectivity index (χ1n) is 28.5. The van der Waals surface area contributed by atoms with E-state index in [9.17, 15) is 28.8 Å². The highest BCUT2D eigenvalue weighted by Gasteiger charge is 2.20. The summed E-state index contributed by atoms with van der Waals surface area (Å²) in [5.74, 6) is -1.69. The van der Waals surface area contributed by atoms with Crippen molar-refractivity contribution in [2.75, 3.05) is 157 Å². The molecule has 0 aromatic rings. The van der Waals surface area contributed by atoms with Gasteiger partial charge >= 0.3 is 35.8 Å². The van der Waals surface area contributed by atoms with E-state index in [1.807, 2.05) is 41.5 Å². The van der Waals surface area contributed by atoms with Gasteiger partial charge in [0.15, 0.2) is 0 Å². The molecule has 0 saturated heterocycles. The molecule has 0 atom stereocenters. The summed E-state index contributed by atoms with van der Waals surface area (Å²) in [6.07, 6.45) is 11.4. The number of rotatable bonds is 51. The Labute approximate surface area is 448 Å². The van der Waals surface area contributed by atoms with Gasteiger partial charge < -0.3 is 60.3 Å². The van der Waals surface area contributed by atoms with Gasteiger partial charge in [0.2, 0.25) is 0 Å². The summed E-state index contributed by atoms with van der Waals surface area (Å²) in [7, 11) is 0. The van der Waals surface area contributed by atoms with Crippen LogP contribution in [0.4, 0.5) is 0 Å². The number of hydrogen-bond donors (Lipinski definition) is 3. The fourth-order valence-corrected chi connectivity index (χ4v) is 6.98. The van der Waals surface area contributed by atoms with Crippen LogP contribution in [0.2, 0.25) is 0 Å². The minimum absolute atomic E-state index is 0.182. The van der Waals surface area contributed by atoms with Crippen molar-refractivity contribution < 1.29 is 57.2 Å². The Hall–Kier alpha value is -3.50. The van der Waals surface area contributed by atoms with Gasteiger partial charge in [-0.05, 0) is 38.5 Å². The average molecular weight is 1060 g/mol. The third-order valence-corrected chi connectivity index (χ3v) is 11.9. The molecule has 0 unspecified atom stereocenters. The van der Waals surface area contributed by atoms with Crippen LogP contribution in [0, 0.1) is 0 Å². The van der Waals surface area contributed by atoms with E-state index < -0.39 is 0 Å². The zero-order valence-electron chi connectivity index (χ0n) is 47.6. The van der Waals surface area contributed by atoms with Crippen molar-refractivity contribution >= 4 is 35.8 Å². The minimum Gasteiger partial charge on any atom is -0.466 e. The van der Waals surface area contributed by atoms with Crippen LogP contribution in [-0.4, -0.2) is 218 Å². The maximum absolute atomic E-state index is 12.7. The summed E-state index contributed by atoms with van der Waals surface area (Å²) in [6.45, 7) is 24.9. The van der Waals surface area contributed by atoms with Crippen LogP contribution in [0.25, 0.3) is 0 Å². The predicted octanol–water partition coefficient (Wildman–Crippen LogP) is 4.76. The maximum atomic E-state index is 12.7. The molecular weight excluding hydrogens is 953 g/mol. The monoisotopic (exact) mass is 1060 g/mol. The van der Waals surface area contributed by atoms with E-state index in [1.165, 1.54) is 0 Å². The zero-order valence-corrected chi connectivity index (χ0v) is 47.6. The topological polar surface area (TPSA) is 252 Å². The van der Waals surface area contributed by atoms with Gasteiger partial charge in [0.1, 0.15) is 0 Å². The summed E-state index contributed by atoms with van der Waals surface area (Å²) >= 11 is 0. The van der Waals surface area contributed by atoms with Gasteiger partial charge in [0, 0.05) is 118 Å². The first-order valence-corrected chi connectivity index (χ1v) is 28.5. The molecule has 0 fully saturated rings. The third-order valence-electron chi connectivity index (χ3n) is 11.9. The lowest BCUT2D eigenvalue weighted by Crippen LogP contribution is -2.45. The number of unbranched alkanes of at least 4 members (excludes halogenated alkanes) is 6. The number of esters is 6. The molecule has 0 spiro atoms. The smallest absolute Gasteiger partial charge is 0.307 e. The Morgan fingerprint density at radius 1 is 0.257 bits per heavy atom. The van der Waals surface area contributed by atoms with Gasteiger partial charge in [-0.3, -0.25) is 38.6 Å². The second-order valence-electron chi connectivity index (χ2n) is 18.5. The van der Waals surface area contributed by atoms with Crippen LogP contribution in [0.1, 0.15) is 157 Å². The molecule has 0 amide bonds. The van der Waals surface area contributed by atoms with Crippen molar-refractivity contribution in [3.05, 3.63) is 0 Å². The maximum Gasteiger partial charge on any atom is 0.307 e. The molecule has 436 valence electrons. The molecule has 0 aliphatic rings. The molecular formula is C54H108N8O12. The molecule has 0 rings (SSSR count). The van der Waals surface area contributed by atoms with Gasteiger partial charge in [-0.15, -0.1) is 0 Å². The quantitative estimate of drug-likeness (QED) is 0.0422. The van der Waals surface area contributed by atoms with Crippen LogP contribution < -0.4 is 17.2 Å². The van der Waals surface area contributed by atoms with E-state index in [-0.39, 0.29) is 74.3 Å². The van der Waals surface area contributed by atoms with Crippen LogP contribution in [0.15, 0.2) is 0 Å². The van der Waals surface area contributed by atoms with Crippen LogP contribution in [0.5, 0.6) is 0 Å². The standard InChI is InChI=1S/C48H90N4O12.C6H18N4/c1-7-13-37-59-43(53)19-25-49(26-20-44(54)60-38-14-8-2)31-34-52(35-32-50(27-21-45(55)61-39-15-9-3)28-22-46(56)62-40-16-10-4)36-33-51(29-23-47(57)63-41-17-11-5)30-24-48(58)64-42-18-12-6;7-1-4-10(5-2-8)6-3-9/h7-42H2,1-6H3;1-9H2. The van der Waals surface area contributed by atoms with Crippen molar-refractivity contribution in [1.82, 2.24) is 24.5 Å². The van der Waals surface area contributed by atoms with Crippen LogP contribution in [0.3, 0.4) is 0 Å². The molecule has 6 N–H and O–H groups in total. The Morgan fingerprint density at radius 2 is 0.405 bits per heavy atom. The molecule has 0 heterocycles. The fourth-order valence-electron chi connectivity index (χ4n) is 6.98. The van der Waals surface area contributed by atoms with Crippen molar-refractivity contribution in [2.45, 2.75) is 157 Å². The molecule has 0 aromatic carbocycles. The lowest BCUT2D eigenvalue weighted by atomic mass is 10.2. The van der Waals surface area contributed by atoms with Crippen LogP contribution >= 0.6 is 0 Å². The molecule has 0 radical (unpaired) electrons. The number of carbonyl (C=O) groups is 6. The second kappa shape index (κ2) is 54.3. The first-order chi connectivity index (χ1) is 35.9. The van der Waals surface area contributed by atoms with Gasteiger partial charge in [-0.25, -0.2) is 0 Å². The predicted molar refractivity (Wildman–Crippen MR) is 292 cm³/mol. The van der Waals surface area contributed by atoms with Gasteiger partial charge in [-0.1, -0.05) is 80.1 Å². The molecule has 0 aliphatic heterocycles. The van der Waals surface area contributed by atoms with E-state index in [2.05, 4.69) is 24.5 Å². The summed E-state index contributed by atoms with van der Waals surface area (Å²) in [6, 6.07) is 0. The van der Waals surface area contributed by atoms with E-state index in [4.69, 9.17) is 45.6 Å². The molecule has 20 nitrogen and oxygen atoms in total. The Kier molecular flexibility index (Phi) is 53.2. The molecule has 20 heteroatoms. The fraction of sp³-hybridized carbons (Fsp3) is 0.889. The number of ether oxygens (including phenoxy) is 6. The summed E-state index contributed by atoms with van der Waals surface area (Å²) < 4.78 is 32.6. The lowest BCUT2D eigenvalue weighted by molar-refractivity contribution is -0.146. The highest BCUT2D eigenvalue weighted by molar-refractivity contribution is 5.71. The van der Waals surface area contributed by atoms with Crippen molar-refractivity contribution in [1.29, 1.82) is 0 Å². The number of nitrogens with two attached hydrogens (primary N) is 3. The average Bonchev–Trinajstić information content (AvgIpc) is 3.38. The first kappa shape index (κ1) is 72.6. The summed E-state index contributed by atoms with van der Waals surface area (Å²) in [5.41, 5.74) is 16.1. The Bertz CT molecular complexity index is 1140. The number of hydrogen-bond acceptors (Lipinski definition) is 20. The molecule has 0 bridgehead atoms. The van der Waals surface area contributed by atoms with E-state index in [0.717, 1.165) is 96.7 Å². The Morgan fingerprint density at radius 3 is 0.554 bits per heavy atom. The van der Waals surface area contributed by atoms with E-state index in [1.54, 1.807) is 0 Å². The normalized spacial score (nSPS) is 11.3. The second-order valence-corrected chi connectivity index (χ2v) is 18.5.